The van der Waals surface area contributed by atoms with Crippen LogP contribution in [0, 0.1) is 6.92 Å². The molecule has 7 heteroatoms. The fourth-order valence-electron chi connectivity index (χ4n) is 1.93. The van der Waals surface area contributed by atoms with Crippen molar-refractivity contribution in [3.8, 4) is 0 Å². The van der Waals surface area contributed by atoms with E-state index >= 15 is 0 Å². The Morgan fingerprint density at radius 3 is 3.16 bits per heavy atom. The largest absolute Gasteiger partial charge is 0.389 e. The molecule has 2 N–H and O–H groups in total. The number of hydrogen-bond donors (Lipinski definition) is 2. The van der Waals surface area contributed by atoms with Gasteiger partial charge in [-0.3, -0.25) is 0 Å². The average molecular weight is 271 g/mol. The number of aliphatic hydroxyl groups is 1. The minimum Gasteiger partial charge on any atom is -0.389 e. The van der Waals surface area contributed by atoms with E-state index in [4.69, 9.17) is 14.0 Å². The van der Waals surface area contributed by atoms with Crippen LogP contribution < -0.4 is 5.32 Å². The monoisotopic (exact) mass is 271 g/mol. The number of nitrogens with zero attached hydrogens (tertiary/aromatic N) is 2. The number of rotatable bonds is 8. The van der Waals surface area contributed by atoms with Gasteiger partial charge in [0.25, 0.3) is 0 Å². The van der Waals surface area contributed by atoms with Crippen molar-refractivity contribution in [2.24, 2.45) is 0 Å². The predicted molar refractivity (Wildman–Crippen MR) is 66.5 cm³/mol. The highest BCUT2D eigenvalue weighted by Crippen LogP contribution is 2.11. The lowest BCUT2D eigenvalue weighted by Crippen LogP contribution is -2.31. The Kier molecular flexibility index (Phi) is 5.71. The van der Waals surface area contributed by atoms with E-state index in [9.17, 15) is 5.11 Å². The molecule has 2 heterocycles. The van der Waals surface area contributed by atoms with Crippen LogP contribution in [0.3, 0.4) is 0 Å². The molecule has 0 aliphatic carbocycles. The third kappa shape index (κ3) is 5.23. The third-order valence-electron chi connectivity index (χ3n) is 2.87. The minimum atomic E-state index is -0.547. The lowest BCUT2D eigenvalue weighted by Gasteiger charge is -2.14. The molecule has 2 unspecified atom stereocenters. The molecular weight excluding hydrogens is 250 g/mol. The van der Waals surface area contributed by atoms with Crippen LogP contribution in [0.5, 0.6) is 0 Å². The second-order valence-electron chi connectivity index (χ2n) is 4.69. The summed E-state index contributed by atoms with van der Waals surface area (Å²) in [6, 6.07) is 0. The van der Waals surface area contributed by atoms with Crippen LogP contribution >= 0.6 is 0 Å². The van der Waals surface area contributed by atoms with Crippen LogP contribution in [0.15, 0.2) is 4.52 Å². The van der Waals surface area contributed by atoms with Gasteiger partial charge >= 0.3 is 0 Å². The summed E-state index contributed by atoms with van der Waals surface area (Å²) < 4.78 is 15.7. The number of hydrogen-bond acceptors (Lipinski definition) is 7. The minimum absolute atomic E-state index is 0.197. The van der Waals surface area contributed by atoms with E-state index in [1.807, 2.05) is 0 Å². The van der Waals surface area contributed by atoms with E-state index in [-0.39, 0.29) is 6.10 Å². The molecule has 108 valence electrons. The van der Waals surface area contributed by atoms with E-state index in [0.29, 0.717) is 38.0 Å². The van der Waals surface area contributed by atoms with Crippen molar-refractivity contribution >= 4 is 0 Å². The molecule has 0 bridgehead atoms. The number of aryl methyl sites for hydroxylation is 1. The molecule has 1 aromatic rings. The van der Waals surface area contributed by atoms with Crippen LogP contribution in [-0.2, 0) is 16.0 Å². The summed E-state index contributed by atoms with van der Waals surface area (Å²) in [5.41, 5.74) is 0. The van der Waals surface area contributed by atoms with E-state index in [2.05, 4.69) is 15.5 Å². The van der Waals surface area contributed by atoms with Gasteiger partial charge in [-0.2, -0.15) is 4.98 Å². The van der Waals surface area contributed by atoms with Crippen LogP contribution in [0.1, 0.15) is 24.6 Å². The second kappa shape index (κ2) is 7.54. The third-order valence-corrected chi connectivity index (χ3v) is 2.87. The van der Waals surface area contributed by atoms with Crippen LogP contribution in [0.25, 0.3) is 0 Å². The van der Waals surface area contributed by atoms with Crippen LogP contribution in [0.4, 0.5) is 0 Å². The van der Waals surface area contributed by atoms with Crippen LogP contribution in [0.2, 0.25) is 0 Å². The topological polar surface area (TPSA) is 89.6 Å². The Morgan fingerprint density at radius 1 is 1.58 bits per heavy atom. The predicted octanol–water partition coefficient (Wildman–Crippen LogP) is 0.0241. The van der Waals surface area contributed by atoms with Gasteiger partial charge in [-0.15, -0.1) is 0 Å². The molecule has 19 heavy (non-hydrogen) atoms. The average Bonchev–Trinajstić information content (AvgIpc) is 3.01. The molecule has 1 fully saturated rings. The van der Waals surface area contributed by atoms with Gasteiger partial charge in [0.15, 0.2) is 5.82 Å². The fourth-order valence-corrected chi connectivity index (χ4v) is 1.93. The molecule has 2 atom stereocenters. The first-order valence-corrected chi connectivity index (χ1v) is 6.61. The van der Waals surface area contributed by atoms with Gasteiger partial charge in [0.2, 0.25) is 5.89 Å². The molecule has 0 spiro atoms. The van der Waals surface area contributed by atoms with Crippen molar-refractivity contribution < 1.29 is 19.1 Å². The summed E-state index contributed by atoms with van der Waals surface area (Å²) in [6.45, 7) is 4.32. The van der Waals surface area contributed by atoms with Gasteiger partial charge in [0.05, 0.1) is 32.0 Å². The lowest BCUT2D eigenvalue weighted by atomic mass is 10.2. The first kappa shape index (κ1) is 14.4. The first-order chi connectivity index (χ1) is 9.24. The quantitative estimate of drug-likeness (QED) is 0.689. The SMILES string of the molecule is Cc1nc(CNCC(O)COCC2CCCO2)no1. The van der Waals surface area contributed by atoms with Crippen molar-refractivity contribution in [1.29, 1.82) is 0 Å². The number of nitrogens with one attached hydrogen (secondary N) is 1. The van der Waals surface area contributed by atoms with Gasteiger partial charge in [-0.1, -0.05) is 5.16 Å². The molecule has 1 aromatic heterocycles. The molecule has 0 radical (unpaired) electrons. The molecule has 0 amide bonds. The zero-order chi connectivity index (χ0) is 13.5. The highest BCUT2D eigenvalue weighted by Gasteiger charge is 2.16. The molecule has 7 nitrogen and oxygen atoms in total. The molecule has 1 aliphatic rings. The van der Waals surface area contributed by atoms with Crippen LogP contribution in [-0.4, -0.2) is 53.8 Å². The molecular formula is C12H21N3O4. The summed E-state index contributed by atoms with van der Waals surface area (Å²) >= 11 is 0. The Labute approximate surface area is 112 Å². The Bertz CT molecular complexity index is 366. The maximum Gasteiger partial charge on any atom is 0.223 e. The van der Waals surface area contributed by atoms with Crippen molar-refractivity contribution in [3.05, 3.63) is 11.7 Å². The highest BCUT2D eigenvalue weighted by molar-refractivity contribution is 4.83. The molecule has 2 rings (SSSR count). The summed E-state index contributed by atoms with van der Waals surface area (Å²) in [5, 5.41) is 16.5. The van der Waals surface area contributed by atoms with Gasteiger partial charge in [0.1, 0.15) is 0 Å². The van der Waals surface area contributed by atoms with Gasteiger partial charge in [-0.25, -0.2) is 0 Å². The number of ether oxygens (including phenoxy) is 2. The van der Waals surface area contributed by atoms with E-state index in [0.717, 1.165) is 19.4 Å². The maximum absolute atomic E-state index is 9.71. The normalized spacial score (nSPS) is 20.8. The van der Waals surface area contributed by atoms with Crippen molar-refractivity contribution in [2.75, 3.05) is 26.4 Å². The Morgan fingerprint density at radius 2 is 2.47 bits per heavy atom. The lowest BCUT2D eigenvalue weighted by molar-refractivity contribution is -0.0165. The summed E-state index contributed by atoms with van der Waals surface area (Å²) in [6.07, 6.45) is 1.80. The Balaban J connectivity index is 1.50. The van der Waals surface area contributed by atoms with Crippen molar-refractivity contribution in [2.45, 2.75) is 38.5 Å². The fraction of sp³-hybridized carbons (Fsp3) is 0.833. The maximum atomic E-state index is 9.71. The van der Waals surface area contributed by atoms with E-state index < -0.39 is 6.10 Å². The summed E-state index contributed by atoms with van der Waals surface area (Å²) in [4.78, 5) is 4.05. The molecule has 1 saturated heterocycles. The van der Waals surface area contributed by atoms with Gasteiger partial charge in [-0.05, 0) is 12.8 Å². The van der Waals surface area contributed by atoms with Crippen molar-refractivity contribution in [1.82, 2.24) is 15.5 Å². The number of aliphatic hydroxyl groups excluding tert-OH is 1. The van der Waals surface area contributed by atoms with Crippen molar-refractivity contribution in [3.63, 3.8) is 0 Å². The summed E-state index contributed by atoms with van der Waals surface area (Å²) in [5.74, 6) is 1.13. The number of aromatic nitrogens is 2. The first-order valence-electron chi connectivity index (χ1n) is 6.61. The summed E-state index contributed by atoms with van der Waals surface area (Å²) in [7, 11) is 0. The molecule has 0 aromatic carbocycles. The van der Waals surface area contributed by atoms with E-state index in [1.165, 1.54) is 0 Å². The second-order valence-corrected chi connectivity index (χ2v) is 4.69. The van der Waals surface area contributed by atoms with Gasteiger partial charge < -0.3 is 24.4 Å². The highest BCUT2D eigenvalue weighted by atomic mass is 16.5. The Hall–Kier alpha value is -1.02. The zero-order valence-corrected chi connectivity index (χ0v) is 11.2. The molecule has 0 saturated carbocycles. The standard InChI is InChI=1S/C12H21N3O4/c1-9-14-12(15-19-9)6-13-5-10(16)7-17-8-11-3-2-4-18-11/h10-11,13,16H,2-8H2,1H3. The molecule has 1 aliphatic heterocycles. The van der Waals surface area contributed by atoms with E-state index in [1.54, 1.807) is 6.92 Å². The smallest absolute Gasteiger partial charge is 0.223 e. The van der Waals surface area contributed by atoms with Gasteiger partial charge in [0, 0.05) is 20.1 Å². The zero-order valence-electron chi connectivity index (χ0n) is 11.2.